The van der Waals surface area contributed by atoms with Gasteiger partial charge < -0.3 is 15.0 Å². The second-order valence-electron chi connectivity index (χ2n) is 5.34. The summed E-state index contributed by atoms with van der Waals surface area (Å²) in [4.78, 5) is 22.4. The van der Waals surface area contributed by atoms with Crippen LogP contribution in [0.2, 0.25) is 0 Å². The number of hydrogen-bond acceptors (Lipinski definition) is 3. The number of nitrogens with zero attached hydrogens (tertiary/aromatic N) is 2. The predicted molar refractivity (Wildman–Crippen MR) is 65.0 cm³/mol. The van der Waals surface area contributed by atoms with Crippen LogP contribution in [0, 0.1) is 11.8 Å². The summed E-state index contributed by atoms with van der Waals surface area (Å²) in [6, 6.07) is -1.52. The number of carbonyl (C=O) groups is 2. The van der Waals surface area contributed by atoms with E-state index in [1.807, 2.05) is 13.8 Å². The van der Waals surface area contributed by atoms with Crippen LogP contribution in [0.3, 0.4) is 0 Å². The minimum atomic E-state index is -1.17. The smallest absolute Gasteiger partial charge is 0.349 e. The summed E-state index contributed by atoms with van der Waals surface area (Å²) < 4.78 is 3.00. The molecule has 6 heteroatoms. The van der Waals surface area contributed by atoms with Crippen molar-refractivity contribution in [2.24, 2.45) is 11.8 Å². The van der Waals surface area contributed by atoms with Crippen molar-refractivity contribution in [1.29, 1.82) is 0 Å². The number of carboxylic acids is 2. The number of aromatic nitrogens is 2. The molecule has 1 N–H and O–H groups in total. The van der Waals surface area contributed by atoms with Gasteiger partial charge in [-0.1, -0.05) is 27.7 Å². The van der Waals surface area contributed by atoms with Crippen molar-refractivity contribution in [3.63, 3.8) is 0 Å². The van der Waals surface area contributed by atoms with Crippen LogP contribution in [-0.2, 0) is 9.59 Å². The van der Waals surface area contributed by atoms with E-state index in [1.165, 1.54) is 15.5 Å². The minimum Gasteiger partial charge on any atom is -0.546 e. The van der Waals surface area contributed by atoms with Gasteiger partial charge >= 0.3 is 5.97 Å². The van der Waals surface area contributed by atoms with E-state index < -0.39 is 24.0 Å². The fourth-order valence-electron chi connectivity index (χ4n) is 2.21. The highest BCUT2D eigenvalue weighted by Gasteiger charge is 2.30. The molecule has 19 heavy (non-hydrogen) atoms. The Hall–Kier alpha value is -1.85. The number of imidazole rings is 1. The number of carboxylic acid groups (broad SMARTS) is 2. The van der Waals surface area contributed by atoms with Crippen molar-refractivity contribution in [1.82, 2.24) is 4.57 Å². The van der Waals surface area contributed by atoms with Gasteiger partial charge in [0.05, 0.1) is 5.97 Å². The molecule has 1 aromatic heterocycles. The van der Waals surface area contributed by atoms with Gasteiger partial charge in [0, 0.05) is 5.92 Å². The highest BCUT2D eigenvalue weighted by molar-refractivity contribution is 5.72. The Morgan fingerprint density at radius 3 is 2.16 bits per heavy atom. The Morgan fingerprint density at radius 2 is 1.79 bits per heavy atom. The number of rotatable bonds is 6. The molecule has 0 aliphatic rings. The Labute approximate surface area is 112 Å². The fourth-order valence-corrected chi connectivity index (χ4v) is 2.21. The SMILES string of the molecule is CC(C)[C@@H](C(=O)O)n1cc[n+]([C@H](C(=O)[O-])C(C)C)c1. The van der Waals surface area contributed by atoms with Gasteiger partial charge in [0.15, 0.2) is 6.04 Å². The summed E-state index contributed by atoms with van der Waals surface area (Å²) in [5, 5.41) is 20.3. The quantitative estimate of drug-likeness (QED) is 0.736. The summed E-state index contributed by atoms with van der Waals surface area (Å²) in [6.45, 7) is 7.17. The lowest BCUT2D eigenvalue weighted by Gasteiger charge is -2.18. The lowest BCUT2D eigenvalue weighted by molar-refractivity contribution is -0.721. The van der Waals surface area contributed by atoms with Crippen LogP contribution >= 0.6 is 0 Å². The Balaban J connectivity index is 3.10. The molecule has 106 valence electrons. The lowest BCUT2D eigenvalue weighted by atomic mass is 10.0. The molecule has 2 atom stereocenters. The first kappa shape index (κ1) is 15.2. The van der Waals surface area contributed by atoms with Crippen molar-refractivity contribution < 1.29 is 24.4 Å². The van der Waals surface area contributed by atoms with Crippen molar-refractivity contribution in [2.75, 3.05) is 0 Å². The molecule has 0 radical (unpaired) electrons. The molecule has 0 saturated carbocycles. The van der Waals surface area contributed by atoms with E-state index in [0.29, 0.717) is 0 Å². The molecule has 0 unspecified atom stereocenters. The fraction of sp³-hybridized carbons (Fsp3) is 0.615. The van der Waals surface area contributed by atoms with Crippen LogP contribution in [0.4, 0.5) is 0 Å². The van der Waals surface area contributed by atoms with Gasteiger partial charge in [0.25, 0.3) is 0 Å². The molecular formula is C13H20N2O4. The monoisotopic (exact) mass is 268 g/mol. The number of aliphatic carboxylic acids is 2. The van der Waals surface area contributed by atoms with E-state index in [-0.39, 0.29) is 11.8 Å². The predicted octanol–water partition coefficient (Wildman–Crippen LogP) is 0.00430. The molecule has 0 bridgehead atoms. The standard InChI is InChI=1S/C13H20N2O4/c1-8(2)10(12(16)17)14-5-6-15(7-14)11(9(3)4)13(18)19/h5-11H,1-4H3,(H-,16,17,18,19)/t10-,11-/m0/s1. The summed E-state index contributed by atoms with van der Waals surface area (Å²) in [6.07, 6.45) is 4.66. The maximum absolute atomic E-state index is 11.2. The van der Waals surface area contributed by atoms with E-state index >= 15 is 0 Å². The lowest BCUT2D eigenvalue weighted by Crippen LogP contribution is -2.51. The van der Waals surface area contributed by atoms with Crippen molar-refractivity contribution in [3.8, 4) is 0 Å². The molecular weight excluding hydrogens is 248 g/mol. The van der Waals surface area contributed by atoms with Gasteiger partial charge in [-0.05, 0) is 5.92 Å². The second kappa shape index (κ2) is 5.86. The van der Waals surface area contributed by atoms with E-state index in [0.717, 1.165) is 0 Å². The molecule has 0 aliphatic heterocycles. The third-order valence-electron chi connectivity index (χ3n) is 3.08. The minimum absolute atomic E-state index is 0.0983. The number of hydrogen-bond donors (Lipinski definition) is 1. The molecule has 0 aliphatic carbocycles. The summed E-state index contributed by atoms with van der Waals surface area (Å²) in [5.41, 5.74) is 0. The highest BCUT2D eigenvalue weighted by Crippen LogP contribution is 2.18. The molecule has 0 aromatic carbocycles. The summed E-state index contributed by atoms with van der Waals surface area (Å²) in [5.74, 6) is -2.35. The second-order valence-corrected chi connectivity index (χ2v) is 5.34. The molecule has 1 heterocycles. The average Bonchev–Trinajstić information content (AvgIpc) is 2.64. The van der Waals surface area contributed by atoms with E-state index in [9.17, 15) is 19.8 Å². The summed E-state index contributed by atoms with van der Waals surface area (Å²) >= 11 is 0. The van der Waals surface area contributed by atoms with Gasteiger partial charge in [0.1, 0.15) is 18.4 Å². The Morgan fingerprint density at radius 1 is 1.21 bits per heavy atom. The Kier molecular flexibility index (Phi) is 4.69. The largest absolute Gasteiger partial charge is 0.546 e. The van der Waals surface area contributed by atoms with Crippen molar-refractivity contribution in [2.45, 2.75) is 39.8 Å². The van der Waals surface area contributed by atoms with Gasteiger partial charge in [-0.25, -0.2) is 13.9 Å². The van der Waals surface area contributed by atoms with Crippen LogP contribution in [0.15, 0.2) is 18.7 Å². The van der Waals surface area contributed by atoms with Gasteiger partial charge in [-0.2, -0.15) is 0 Å². The van der Waals surface area contributed by atoms with E-state index in [4.69, 9.17) is 0 Å². The van der Waals surface area contributed by atoms with Crippen LogP contribution < -0.4 is 9.67 Å². The van der Waals surface area contributed by atoms with Crippen LogP contribution in [0.25, 0.3) is 0 Å². The van der Waals surface area contributed by atoms with E-state index in [1.54, 1.807) is 26.2 Å². The molecule has 1 aromatic rings. The summed E-state index contributed by atoms with van der Waals surface area (Å²) in [7, 11) is 0. The molecule has 0 saturated heterocycles. The first-order chi connectivity index (χ1) is 8.75. The topological polar surface area (TPSA) is 86.2 Å². The van der Waals surface area contributed by atoms with E-state index in [2.05, 4.69) is 0 Å². The zero-order valence-corrected chi connectivity index (χ0v) is 11.6. The van der Waals surface area contributed by atoms with Crippen LogP contribution in [0.1, 0.15) is 39.8 Å². The van der Waals surface area contributed by atoms with Crippen molar-refractivity contribution >= 4 is 11.9 Å². The zero-order chi connectivity index (χ0) is 14.7. The molecule has 0 fully saturated rings. The van der Waals surface area contributed by atoms with Crippen molar-refractivity contribution in [3.05, 3.63) is 18.7 Å². The third-order valence-corrected chi connectivity index (χ3v) is 3.08. The Bertz CT molecular complexity index is 424. The third kappa shape index (κ3) is 3.33. The molecule has 0 spiro atoms. The van der Waals surface area contributed by atoms with Gasteiger partial charge in [-0.3, -0.25) is 0 Å². The average molecular weight is 268 g/mol. The molecule has 1 rings (SSSR count). The van der Waals surface area contributed by atoms with Crippen LogP contribution in [-0.4, -0.2) is 21.6 Å². The molecule has 0 amide bonds. The highest BCUT2D eigenvalue weighted by atomic mass is 16.4. The van der Waals surface area contributed by atoms with Crippen LogP contribution in [0.5, 0.6) is 0 Å². The first-order valence-electron chi connectivity index (χ1n) is 6.27. The van der Waals surface area contributed by atoms with Gasteiger partial charge in [-0.15, -0.1) is 0 Å². The normalized spacial score (nSPS) is 14.6. The molecule has 6 nitrogen and oxygen atoms in total. The maximum Gasteiger partial charge on any atom is 0.349 e. The number of carbonyl (C=O) groups excluding carboxylic acids is 1. The first-order valence-corrected chi connectivity index (χ1v) is 6.27. The maximum atomic E-state index is 11.2. The zero-order valence-electron chi connectivity index (χ0n) is 11.6. The van der Waals surface area contributed by atoms with Gasteiger partial charge in [0.2, 0.25) is 6.33 Å².